The molecule has 21 heavy (non-hydrogen) atoms. The number of carbonyl (C=O) groups is 2. The second kappa shape index (κ2) is 5.77. The molecule has 110 valence electrons. The molecule has 1 aliphatic heterocycles. The molecular formula is C15H15ClN2O3. The molecule has 0 fully saturated rings. The van der Waals surface area contributed by atoms with E-state index in [4.69, 9.17) is 16.3 Å². The maximum absolute atomic E-state index is 12.0. The molecule has 0 radical (unpaired) electrons. The third kappa shape index (κ3) is 3.19. The van der Waals surface area contributed by atoms with Gasteiger partial charge >= 0.3 is 0 Å². The summed E-state index contributed by atoms with van der Waals surface area (Å²) in [5.74, 6) is 0.517. The van der Waals surface area contributed by atoms with E-state index < -0.39 is 0 Å². The first-order valence-corrected chi connectivity index (χ1v) is 7.22. The Labute approximate surface area is 127 Å². The SMILES string of the molecule is O=C(C[C@@H]1C=CCC1)Nc1cc2c(cc1Cl)NC(=O)CO2. The van der Waals surface area contributed by atoms with Crippen LogP contribution in [0, 0.1) is 5.92 Å². The largest absolute Gasteiger partial charge is 0.482 e. The minimum Gasteiger partial charge on any atom is -0.482 e. The van der Waals surface area contributed by atoms with Crippen molar-refractivity contribution in [3.63, 3.8) is 0 Å². The van der Waals surface area contributed by atoms with Crippen LogP contribution in [0.15, 0.2) is 24.3 Å². The van der Waals surface area contributed by atoms with Crippen molar-refractivity contribution in [2.24, 2.45) is 5.92 Å². The van der Waals surface area contributed by atoms with Gasteiger partial charge in [0, 0.05) is 12.5 Å². The first-order chi connectivity index (χ1) is 10.1. The zero-order valence-corrected chi connectivity index (χ0v) is 12.1. The molecule has 2 N–H and O–H groups in total. The average Bonchev–Trinajstić information content (AvgIpc) is 2.92. The first-order valence-electron chi connectivity index (χ1n) is 6.84. The Hall–Kier alpha value is -2.01. The van der Waals surface area contributed by atoms with E-state index in [0.29, 0.717) is 34.5 Å². The highest BCUT2D eigenvalue weighted by Gasteiger charge is 2.20. The van der Waals surface area contributed by atoms with E-state index in [0.717, 1.165) is 12.8 Å². The molecule has 1 aliphatic carbocycles. The second-order valence-electron chi connectivity index (χ2n) is 5.18. The van der Waals surface area contributed by atoms with E-state index in [-0.39, 0.29) is 18.4 Å². The molecule has 0 saturated carbocycles. The summed E-state index contributed by atoms with van der Waals surface area (Å²) in [4.78, 5) is 23.3. The molecule has 3 rings (SSSR count). The van der Waals surface area contributed by atoms with Crippen molar-refractivity contribution in [3.8, 4) is 5.75 Å². The second-order valence-corrected chi connectivity index (χ2v) is 5.59. The summed E-state index contributed by atoms with van der Waals surface area (Å²) < 4.78 is 5.31. The quantitative estimate of drug-likeness (QED) is 0.844. The first kappa shape index (κ1) is 13.9. The van der Waals surface area contributed by atoms with E-state index in [1.807, 2.05) is 0 Å². The van der Waals surface area contributed by atoms with Gasteiger partial charge in [-0.3, -0.25) is 9.59 Å². The fraction of sp³-hybridized carbons (Fsp3) is 0.333. The van der Waals surface area contributed by atoms with Gasteiger partial charge in [-0.15, -0.1) is 0 Å². The summed E-state index contributed by atoms with van der Waals surface area (Å²) in [6.07, 6.45) is 6.67. The van der Waals surface area contributed by atoms with Crippen molar-refractivity contribution < 1.29 is 14.3 Å². The number of allylic oxidation sites excluding steroid dienone is 2. The van der Waals surface area contributed by atoms with E-state index in [9.17, 15) is 9.59 Å². The molecule has 0 saturated heterocycles. The molecule has 2 aliphatic rings. The maximum Gasteiger partial charge on any atom is 0.262 e. The Kier molecular flexibility index (Phi) is 3.84. The van der Waals surface area contributed by atoms with Gasteiger partial charge in [0.25, 0.3) is 5.91 Å². The van der Waals surface area contributed by atoms with Crippen molar-refractivity contribution in [2.45, 2.75) is 19.3 Å². The fourth-order valence-corrected chi connectivity index (χ4v) is 2.71. The minimum absolute atomic E-state index is 0.0328. The molecule has 1 atom stereocenters. The molecule has 1 aromatic rings. The smallest absolute Gasteiger partial charge is 0.262 e. The highest BCUT2D eigenvalue weighted by atomic mass is 35.5. The van der Waals surface area contributed by atoms with Crippen LogP contribution in [0.5, 0.6) is 5.75 Å². The summed E-state index contributed by atoms with van der Waals surface area (Å²) in [5.41, 5.74) is 1.02. The summed E-state index contributed by atoms with van der Waals surface area (Å²) in [7, 11) is 0. The van der Waals surface area contributed by atoms with Gasteiger partial charge in [-0.25, -0.2) is 0 Å². The van der Waals surface area contributed by atoms with Crippen LogP contribution in [0.25, 0.3) is 0 Å². The molecule has 0 spiro atoms. The number of fused-ring (bicyclic) bond motifs is 1. The number of hydrogen-bond donors (Lipinski definition) is 2. The highest BCUT2D eigenvalue weighted by Crippen LogP contribution is 2.36. The van der Waals surface area contributed by atoms with Gasteiger partial charge < -0.3 is 15.4 Å². The van der Waals surface area contributed by atoms with Crippen LogP contribution in [-0.2, 0) is 9.59 Å². The lowest BCUT2D eigenvalue weighted by Gasteiger charge is -2.20. The number of benzene rings is 1. The van der Waals surface area contributed by atoms with Gasteiger partial charge in [0.1, 0.15) is 5.75 Å². The standard InChI is InChI=1S/C15H15ClN2O3/c16-10-6-12-13(21-8-15(20)18-12)7-11(10)17-14(19)5-9-3-1-2-4-9/h1,3,6-7,9H,2,4-5,8H2,(H,17,19)(H,18,20)/t9-/m1/s1. The lowest BCUT2D eigenvalue weighted by molar-refractivity contribution is -0.119. The van der Waals surface area contributed by atoms with Crippen LogP contribution in [0.2, 0.25) is 5.02 Å². The fourth-order valence-electron chi connectivity index (χ4n) is 2.50. The van der Waals surface area contributed by atoms with Gasteiger partial charge in [-0.1, -0.05) is 23.8 Å². The van der Waals surface area contributed by atoms with Crippen LogP contribution in [-0.4, -0.2) is 18.4 Å². The van der Waals surface area contributed by atoms with Gasteiger partial charge in [0.15, 0.2) is 6.61 Å². The van der Waals surface area contributed by atoms with E-state index in [1.54, 1.807) is 12.1 Å². The summed E-state index contributed by atoms with van der Waals surface area (Å²) in [6, 6.07) is 3.22. The zero-order chi connectivity index (χ0) is 14.8. The number of ether oxygens (including phenoxy) is 1. The molecule has 0 bridgehead atoms. The number of anilines is 2. The lowest BCUT2D eigenvalue weighted by Crippen LogP contribution is -2.25. The third-order valence-corrected chi connectivity index (χ3v) is 3.85. The van der Waals surface area contributed by atoms with Crippen LogP contribution >= 0.6 is 11.6 Å². The molecular weight excluding hydrogens is 292 g/mol. The Morgan fingerprint density at radius 2 is 2.33 bits per heavy atom. The van der Waals surface area contributed by atoms with E-state index in [2.05, 4.69) is 22.8 Å². The number of amides is 2. The topological polar surface area (TPSA) is 67.4 Å². The molecule has 2 amide bonds. The predicted molar refractivity (Wildman–Crippen MR) is 80.7 cm³/mol. The van der Waals surface area contributed by atoms with Crippen LogP contribution in [0.3, 0.4) is 0 Å². The van der Waals surface area contributed by atoms with Crippen molar-refractivity contribution in [2.75, 3.05) is 17.2 Å². The van der Waals surface area contributed by atoms with Crippen LogP contribution in [0.1, 0.15) is 19.3 Å². The van der Waals surface area contributed by atoms with Gasteiger partial charge in [-0.05, 0) is 24.8 Å². The maximum atomic E-state index is 12.0. The molecule has 0 aromatic heterocycles. The highest BCUT2D eigenvalue weighted by molar-refractivity contribution is 6.34. The van der Waals surface area contributed by atoms with Crippen molar-refractivity contribution in [1.29, 1.82) is 0 Å². The van der Waals surface area contributed by atoms with Crippen molar-refractivity contribution >= 4 is 34.8 Å². The van der Waals surface area contributed by atoms with E-state index >= 15 is 0 Å². The Morgan fingerprint density at radius 1 is 1.48 bits per heavy atom. The van der Waals surface area contributed by atoms with Crippen molar-refractivity contribution in [3.05, 3.63) is 29.3 Å². The number of hydrogen-bond acceptors (Lipinski definition) is 3. The van der Waals surface area contributed by atoms with Crippen LogP contribution < -0.4 is 15.4 Å². The molecule has 1 heterocycles. The summed E-state index contributed by atoms with van der Waals surface area (Å²) in [6.45, 7) is -0.0328. The number of carbonyl (C=O) groups excluding carboxylic acids is 2. The monoisotopic (exact) mass is 306 g/mol. The van der Waals surface area contributed by atoms with Crippen LogP contribution in [0.4, 0.5) is 11.4 Å². The van der Waals surface area contributed by atoms with Crippen molar-refractivity contribution in [1.82, 2.24) is 0 Å². The third-order valence-electron chi connectivity index (χ3n) is 3.54. The van der Waals surface area contributed by atoms with Gasteiger partial charge in [0.2, 0.25) is 5.91 Å². The molecule has 6 heteroatoms. The number of rotatable bonds is 3. The van der Waals surface area contributed by atoms with Gasteiger partial charge in [-0.2, -0.15) is 0 Å². The molecule has 1 aromatic carbocycles. The minimum atomic E-state index is -0.219. The average molecular weight is 307 g/mol. The summed E-state index contributed by atoms with van der Waals surface area (Å²) in [5, 5.41) is 5.84. The van der Waals surface area contributed by atoms with Gasteiger partial charge in [0.05, 0.1) is 16.4 Å². The zero-order valence-electron chi connectivity index (χ0n) is 11.3. The Bertz CT molecular complexity index is 628. The normalized spacial score (nSPS) is 19.7. The number of nitrogens with one attached hydrogen (secondary N) is 2. The molecule has 5 nitrogen and oxygen atoms in total. The van der Waals surface area contributed by atoms with E-state index in [1.165, 1.54) is 0 Å². The lowest BCUT2D eigenvalue weighted by atomic mass is 10.0. The Morgan fingerprint density at radius 3 is 3.10 bits per heavy atom. The Balaban J connectivity index is 1.71. The predicted octanol–water partition coefficient (Wildman–Crippen LogP) is 2.97. The number of halogens is 1. The summed E-state index contributed by atoms with van der Waals surface area (Å²) >= 11 is 6.13. The molecule has 0 unspecified atom stereocenters.